The van der Waals surface area contributed by atoms with Crippen LogP contribution in [0.5, 0.6) is 0 Å². The second-order valence-electron chi connectivity index (χ2n) is 23.7. The van der Waals surface area contributed by atoms with Crippen LogP contribution in [0.1, 0.15) is 160 Å². The van der Waals surface area contributed by atoms with Crippen molar-refractivity contribution in [2.24, 2.45) is 35.5 Å². The van der Waals surface area contributed by atoms with E-state index in [-0.39, 0.29) is 74.4 Å². The van der Waals surface area contributed by atoms with Gasteiger partial charge in [-0.3, -0.25) is 0 Å². The molecular weight excluding hydrogens is 1060 g/mol. The molecule has 0 radical (unpaired) electrons. The minimum atomic E-state index is -1.29. The molecule has 0 amide bonds. The van der Waals surface area contributed by atoms with Gasteiger partial charge < -0.3 is 78.0 Å². The van der Waals surface area contributed by atoms with Crippen LogP contribution in [0.15, 0.2) is 71.9 Å². The minimum absolute atomic E-state index is 0.0271. The second kappa shape index (κ2) is 32.5. The zero-order chi connectivity index (χ0) is 60.6. The van der Waals surface area contributed by atoms with E-state index in [4.69, 9.17) is 47.4 Å². The summed E-state index contributed by atoms with van der Waals surface area (Å²) in [5.41, 5.74) is 1.63. The van der Waals surface area contributed by atoms with Gasteiger partial charge in [0.15, 0.2) is 24.2 Å². The highest BCUT2D eigenvalue weighted by molar-refractivity contribution is 5.83. The van der Waals surface area contributed by atoms with Gasteiger partial charge >= 0.3 is 11.9 Å². The summed E-state index contributed by atoms with van der Waals surface area (Å²) in [7, 11) is 3.08. The molecule has 18 nitrogen and oxygen atoms in total. The van der Waals surface area contributed by atoms with Crippen molar-refractivity contribution in [3.8, 4) is 0 Å². The predicted octanol–water partition coefficient (Wildman–Crippen LogP) is 8.39. The Balaban J connectivity index is 1.39. The Morgan fingerprint density at radius 3 is 1.23 bits per heavy atom. The lowest BCUT2D eigenvalue weighted by Gasteiger charge is -2.49. The Hall–Kier alpha value is -3.18. The maximum Gasteiger partial charge on any atom is 0.331 e. The van der Waals surface area contributed by atoms with Crippen molar-refractivity contribution in [1.29, 1.82) is 0 Å². The van der Waals surface area contributed by atoms with Crippen molar-refractivity contribution in [1.82, 2.24) is 0 Å². The SMILES string of the molecule is CCC1=CC=C[C@@H](CC)[C@@H]([C@H](C)[C@H](O)C[C@]2(OC)C[C@@H](O[C@H]3C[C@@H](O)[C@H](O)[C@@H](C)O3)[C@H](CC)[C@@H](C)O2)OC(=O)C=CC(CC)=CC=C[C@@H](CC)[C@@H]([C@H](C)[C@H](O)C[C@@]2(OC)C[C@@H](O[C@H]3C[C@@H](O)[C@H](O)[C@@H](C)O3)[C@H](CC)[C@@H](C)O2)OC(=O)C=C1. The van der Waals surface area contributed by atoms with Crippen LogP contribution in [0.25, 0.3) is 0 Å². The number of esters is 2. The zero-order valence-corrected chi connectivity index (χ0v) is 51.5. The molecule has 18 heteroatoms. The van der Waals surface area contributed by atoms with Gasteiger partial charge in [0.25, 0.3) is 0 Å². The summed E-state index contributed by atoms with van der Waals surface area (Å²) < 4.78 is 63.3. The van der Waals surface area contributed by atoms with Gasteiger partial charge in [-0.25, -0.2) is 9.59 Å². The first-order valence-corrected chi connectivity index (χ1v) is 30.6. The molecule has 0 unspecified atom stereocenters. The fourth-order valence-electron chi connectivity index (χ4n) is 12.8. The number of carbonyl (C=O) groups is 2. The molecular formula is C64H104O18. The van der Waals surface area contributed by atoms with Crippen LogP contribution in [0, 0.1) is 35.5 Å². The highest BCUT2D eigenvalue weighted by Crippen LogP contribution is 2.44. The molecule has 5 rings (SSSR count). The molecule has 5 heterocycles. The molecule has 0 aliphatic carbocycles. The number of hydrogen-bond donors (Lipinski definition) is 6. The monoisotopic (exact) mass is 1160 g/mol. The number of ether oxygens (including phenoxy) is 10. The van der Waals surface area contributed by atoms with Crippen LogP contribution < -0.4 is 0 Å². The molecule has 0 aromatic heterocycles. The third-order valence-corrected chi connectivity index (χ3v) is 18.3. The Morgan fingerprint density at radius 2 is 0.927 bits per heavy atom. The van der Waals surface area contributed by atoms with E-state index in [1.54, 1.807) is 26.0 Å². The third-order valence-electron chi connectivity index (χ3n) is 18.3. The van der Waals surface area contributed by atoms with Crippen molar-refractivity contribution in [2.75, 3.05) is 14.2 Å². The molecule has 6 N–H and O–H groups in total. The van der Waals surface area contributed by atoms with Crippen molar-refractivity contribution in [2.45, 2.75) is 270 Å². The van der Waals surface area contributed by atoms with E-state index >= 15 is 0 Å². The second-order valence-corrected chi connectivity index (χ2v) is 23.7. The van der Waals surface area contributed by atoms with Crippen LogP contribution in [0.4, 0.5) is 0 Å². The average molecular weight is 1160 g/mol. The van der Waals surface area contributed by atoms with Crippen molar-refractivity contribution in [3.05, 3.63) is 71.9 Å². The number of aliphatic hydroxyl groups is 6. The van der Waals surface area contributed by atoms with Crippen LogP contribution >= 0.6 is 0 Å². The number of allylic oxidation sites excluding steroid dienone is 8. The zero-order valence-electron chi connectivity index (χ0n) is 51.5. The van der Waals surface area contributed by atoms with Crippen molar-refractivity contribution in [3.63, 3.8) is 0 Å². The van der Waals surface area contributed by atoms with E-state index in [2.05, 4.69) is 0 Å². The summed E-state index contributed by atoms with van der Waals surface area (Å²) in [5, 5.41) is 66.3. The molecule has 5 aliphatic heterocycles. The number of carbonyl (C=O) groups excluding carboxylic acids is 2. The van der Waals surface area contributed by atoms with Crippen molar-refractivity contribution >= 4 is 11.9 Å². The molecule has 0 saturated carbocycles. The van der Waals surface area contributed by atoms with Crippen LogP contribution in [0.3, 0.4) is 0 Å². The van der Waals surface area contributed by atoms with Gasteiger partial charge in [-0.2, -0.15) is 0 Å². The standard InChI is InChI=1S/C64H104O18/c1-15-43-23-21-25-45(17-3)61(37(7)51(67)33-63(73-13)35-53(47(19-5)39(9)81-63)77-57-31-49(65)59(71)41(11)75-57)80-56(70)30-28-44(16-2)24-22-26-46(18-4)62(79-55(69)29-27-43)38(8)52(68)34-64(74-14)36-54(48(20-6)40(10)82-64)78-58-32-50(66)60(72)42(12)76-58/h21-30,37-42,45-54,57-62,65-68,71-72H,15-20,31-36H2,1-14H3/t37-,38-,39-,40-,41-,42-,45-,46-,47-,48-,49-,50-,51-,52-,53-,54-,57+,58+,59-,60-,61-,62-,63-,64+/m1/s1. The number of cyclic esters (lactones) is 2. The quantitative estimate of drug-likeness (QED) is 0.0627. The predicted molar refractivity (Wildman–Crippen MR) is 309 cm³/mol. The summed E-state index contributed by atoms with van der Waals surface area (Å²) >= 11 is 0. The normalized spacial score (nSPS) is 40.0. The molecule has 0 spiro atoms. The Labute approximate surface area is 489 Å². The van der Waals surface area contributed by atoms with Gasteiger partial charge in [0, 0.05) is 100 Å². The van der Waals surface area contributed by atoms with E-state index in [9.17, 15) is 40.2 Å². The van der Waals surface area contributed by atoms with E-state index in [1.165, 1.54) is 26.4 Å². The molecule has 24 atom stereocenters. The maximum atomic E-state index is 14.0. The van der Waals surface area contributed by atoms with Gasteiger partial charge in [-0.05, 0) is 77.4 Å². The van der Waals surface area contributed by atoms with Gasteiger partial charge in [0.05, 0.1) is 61.0 Å². The van der Waals surface area contributed by atoms with Crippen molar-refractivity contribution < 1.29 is 87.6 Å². The summed E-state index contributed by atoms with van der Waals surface area (Å²) in [5.74, 6) is -5.81. The van der Waals surface area contributed by atoms with Gasteiger partial charge in [-0.15, -0.1) is 0 Å². The Bertz CT molecular complexity index is 1990. The highest BCUT2D eigenvalue weighted by Gasteiger charge is 2.52. The molecule has 4 saturated heterocycles. The minimum Gasteiger partial charge on any atom is -0.458 e. The number of methoxy groups -OCH3 is 2. The molecule has 0 aromatic rings. The van der Waals surface area contributed by atoms with Gasteiger partial charge in [0.2, 0.25) is 0 Å². The molecule has 5 aliphatic rings. The first kappa shape index (κ1) is 69.6. The lowest BCUT2D eigenvalue weighted by Crippen LogP contribution is -2.56. The lowest BCUT2D eigenvalue weighted by molar-refractivity contribution is -0.337. The van der Waals surface area contributed by atoms with Crippen LogP contribution in [0.2, 0.25) is 0 Å². The van der Waals surface area contributed by atoms with E-state index in [0.717, 1.165) is 24.0 Å². The number of rotatable bonds is 20. The smallest absolute Gasteiger partial charge is 0.331 e. The average Bonchev–Trinajstić information content (AvgIpc) is 2.83. The molecule has 0 aromatic carbocycles. The Morgan fingerprint density at radius 1 is 0.561 bits per heavy atom. The molecule has 4 fully saturated rings. The van der Waals surface area contributed by atoms with E-state index in [1.807, 2.05) is 106 Å². The summed E-state index contributed by atoms with van der Waals surface area (Å²) in [6.07, 6.45) is 9.96. The largest absolute Gasteiger partial charge is 0.458 e. The first-order chi connectivity index (χ1) is 38.9. The van der Waals surface area contributed by atoms with Crippen LogP contribution in [-0.4, -0.2) is 166 Å². The number of aliphatic hydroxyl groups excluding tert-OH is 6. The number of hydrogen-bond acceptors (Lipinski definition) is 18. The van der Waals surface area contributed by atoms with E-state index in [0.29, 0.717) is 25.7 Å². The summed E-state index contributed by atoms with van der Waals surface area (Å²) in [4.78, 5) is 28.0. The summed E-state index contributed by atoms with van der Waals surface area (Å²) in [6, 6.07) is 0. The molecule has 0 bridgehead atoms. The fraction of sp³-hybridized carbons (Fsp3) is 0.781. The summed E-state index contributed by atoms with van der Waals surface area (Å²) in [6.45, 7) is 23.0. The van der Waals surface area contributed by atoms with Gasteiger partial charge in [-0.1, -0.05) is 104 Å². The molecule has 468 valence electrons. The van der Waals surface area contributed by atoms with Crippen LogP contribution in [-0.2, 0) is 57.0 Å². The van der Waals surface area contributed by atoms with Gasteiger partial charge in [0.1, 0.15) is 24.4 Å². The first-order valence-electron chi connectivity index (χ1n) is 30.6. The topological polar surface area (TPSA) is 248 Å². The third kappa shape index (κ3) is 18.4. The molecule has 82 heavy (non-hydrogen) atoms. The van der Waals surface area contributed by atoms with E-state index < -0.39 is 121 Å². The maximum absolute atomic E-state index is 14.0. The fourth-order valence-corrected chi connectivity index (χ4v) is 12.8. The lowest BCUT2D eigenvalue weighted by atomic mass is 9.80. The highest BCUT2D eigenvalue weighted by atomic mass is 16.7. The Kier molecular flexibility index (Phi) is 27.6.